The van der Waals surface area contributed by atoms with Gasteiger partial charge in [0.25, 0.3) is 0 Å². The number of sulfonamides is 1. The van der Waals surface area contributed by atoms with Crippen molar-refractivity contribution in [1.29, 1.82) is 0 Å². The topological polar surface area (TPSA) is 75.4 Å². The summed E-state index contributed by atoms with van der Waals surface area (Å²) in [6.45, 7) is 1.15. The van der Waals surface area contributed by atoms with Gasteiger partial charge in [-0.2, -0.15) is 0 Å². The van der Waals surface area contributed by atoms with Gasteiger partial charge in [0.1, 0.15) is 0 Å². The maximum Gasteiger partial charge on any atom is 0.211 e. The van der Waals surface area contributed by atoms with Gasteiger partial charge < -0.3 is 11.1 Å². The fourth-order valence-electron chi connectivity index (χ4n) is 2.20. The molecule has 19 heavy (non-hydrogen) atoms. The Hall–Kier alpha value is -0.790. The van der Waals surface area contributed by atoms with Crippen molar-refractivity contribution in [3.05, 3.63) is 22.7 Å². The van der Waals surface area contributed by atoms with Gasteiger partial charge in [-0.1, -0.05) is 0 Å². The highest BCUT2D eigenvalue weighted by Gasteiger charge is 2.24. The molecule has 1 aliphatic heterocycles. The highest BCUT2D eigenvalue weighted by molar-refractivity contribution is 9.10. The number of anilines is 2. The fourth-order valence-corrected chi connectivity index (χ4v) is 3.59. The lowest BCUT2D eigenvalue weighted by molar-refractivity contribution is 0.332. The molecule has 1 saturated heterocycles. The Morgan fingerprint density at radius 2 is 2.00 bits per heavy atom. The summed E-state index contributed by atoms with van der Waals surface area (Å²) in [5.41, 5.74) is 7.40. The van der Waals surface area contributed by atoms with E-state index in [4.69, 9.17) is 5.73 Å². The van der Waals surface area contributed by atoms with Crippen LogP contribution >= 0.6 is 15.9 Å². The Balaban J connectivity index is 1.96. The monoisotopic (exact) mass is 347 g/mol. The Morgan fingerprint density at radius 1 is 1.37 bits per heavy atom. The normalized spacial score (nSPS) is 18.4. The summed E-state index contributed by atoms with van der Waals surface area (Å²) in [7, 11) is -3.06. The molecule has 0 bridgehead atoms. The number of nitrogens with zero attached hydrogens (tertiary/aromatic N) is 1. The molecular weight excluding hydrogens is 330 g/mol. The molecule has 0 atom stereocenters. The number of nitrogen functional groups attached to an aromatic ring is 1. The van der Waals surface area contributed by atoms with E-state index in [0.717, 1.165) is 23.0 Å². The summed E-state index contributed by atoms with van der Waals surface area (Å²) >= 11 is 3.47. The van der Waals surface area contributed by atoms with Crippen LogP contribution < -0.4 is 11.1 Å². The van der Waals surface area contributed by atoms with E-state index in [1.165, 1.54) is 10.6 Å². The van der Waals surface area contributed by atoms with Crippen LogP contribution in [0.1, 0.15) is 12.8 Å². The first-order chi connectivity index (χ1) is 8.86. The van der Waals surface area contributed by atoms with Gasteiger partial charge in [-0.05, 0) is 47.0 Å². The summed E-state index contributed by atoms with van der Waals surface area (Å²) in [6.07, 6.45) is 2.88. The third-order valence-corrected chi connectivity index (χ3v) is 5.23. The van der Waals surface area contributed by atoms with Gasteiger partial charge in [0, 0.05) is 35.0 Å². The predicted molar refractivity (Wildman–Crippen MR) is 81.6 cm³/mol. The van der Waals surface area contributed by atoms with Gasteiger partial charge in [-0.15, -0.1) is 0 Å². The summed E-state index contributed by atoms with van der Waals surface area (Å²) in [4.78, 5) is 0. The van der Waals surface area contributed by atoms with E-state index in [1.54, 1.807) is 0 Å². The first-order valence-corrected chi connectivity index (χ1v) is 8.77. The number of nitrogens with two attached hydrogens (primary N) is 1. The van der Waals surface area contributed by atoms with Crippen LogP contribution in [-0.2, 0) is 10.0 Å². The number of benzene rings is 1. The molecule has 106 valence electrons. The summed E-state index contributed by atoms with van der Waals surface area (Å²) in [5, 5.41) is 3.42. The lowest BCUT2D eigenvalue weighted by Gasteiger charge is -2.31. The maximum atomic E-state index is 11.4. The molecule has 1 fully saturated rings. The van der Waals surface area contributed by atoms with Crippen LogP contribution in [0.25, 0.3) is 0 Å². The van der Waals surface area contributed by atoms with E-state index in [1.807, 2.05) is 18.2 Å². The second-order valence-corrected chi connectivity index (χ2v) is 7.66. The Labute approximate surface area is 122 Å². The Kier molecular flexibility index (Phi) is 4.37. The van der Waals surface area contributed by atoms with Crippen LogP contribution in [-0.4, -0.2) is 38.1 Å². The van der Waals surface area contributed by atoms with Crippen LogP contribution in [0.15, 0.2) is 22.7 Å². The molecule has 0 aliphatic carbocycles. The molecule has 0 radical (unpaired) electrons. The second-order valence-electron chi connectivity index (χ2n) is 4.82. The van der Waals surface area contributed by atoms with Crippen molar-refractivity contribution >= 4 is 37.3 Å². The largest absolute Gasteiger partial charge is 0.399 e. The molecule has 1 aromatic carbocycles. The summed E-state index contributed by atoms with van der Waals surface area (Å²) in [5.74, 6) is 0. The molecule has 1 aromatic rings. The highest BCUT2D eigenvalue weighted by atomic mass is 79.9. The Morgan fingerprint density at radius 3 is 2.53 bits per heavy atom. The third-order valence-electron chi connectivity index (χ3n) is 3.28. The molecule has 0 saturated carbocycles. The number of hydrogen-bond acceptors (Lipinski definition) is 4. The molecule has 0 spiro atoms. The van der Waals surface area contributed by atoms with Gasteiger partial charge >= 0.3 is 0 Å². The van der Waals surface area contributed by atoms with Gasteiger partial charge in [0.2, 0.25) is 10.0 Å². The fraction of sp³-hybridized carbons (Fsp3) is 0.500. The SMILES string of the molecule is CS(=O)(=O)N1CCC(Nc2ccc(N)cc2Br)CC1. The van der Waals surface area contributed by atoms with Crippen LogP contribution in [0.5, 0.6) is 0 Å². The number of piperidine rings is 1. The van der Waals surface area contributed by atoms with Gasteiger partial charge in [0.15, 0.2) is 0 Å². The standard InChI is InChI=1S/C12H18BrN3O2S/c1-19(17,18)16-6-4-10(5-7-16)15-12-3-2-9(14)8-11(12)13/h2-3,8,10,15H,4-7,14H2,1H3. The van der Waals surface area contributed by atoms with Crippen molar-refractivity contribution in [1.82, 2.24) is 4.31 Å². The molecule has 0 amide bonds. The van der Waals surface area contributed by atoms with E-state index >= 15 is 0 Å². The average Bonchev–Trinajstić information content (AvgIpc) is 2.32. The van der Waals surface area contributed by atoms with Gasteiger partial charge in [-0.3, -0.25) is 0 Å². The summed E-state index contributed by atoms with van der Waals surface area (Å²) in [6, 6.07) is 5.92. The van der Waals surface area contributed by atoms with Crippen LogP contribution in [0, 0.1) is 0 Å². The second kappa shape index (κ2) is 5.68. The van der Waals surface area contributed by atoms with Gasteiger partial charge in [0.05, 0.1) is 6.26 Å². The smallest absolute Gasteiger partial charge is 0.211 e. The minimum atomic E-state index is -3.06. The van der Waals surface area contributed by atoms with Crippen molar-refractivity contribution in [2.24, 2.45) is 0 Å². The van der Waals surface area contributed by atoms with E-state index < -0.39 is 10.0 Å². The zero-order valence-corrected chi connectivity index (χ0v) is 13.2. The number of rotatable bonds is 3. The van der Waals surface area contributed by atoms with Crippen molar-refractivity contribution in [2.75, 3.05) is 30.4 Å². The first kappa shape index (κ1) is 14.6. The summed E-state index contributed by atoms with van der Waals surface area (Å²) < 4.78 is 25.3. The third kappa shape index (κ3) is 3.84. The predicted octanol–water partition coefficient (Wildman–Crippen LogP) is 1.87. The first-order valence-electron chi connectivity index (χ1n) is 6.13. The number of nitrogens with one attached hydrogen (secondary N) is 1. The molecule has 0 aromatic heterocycles. The van der Waals surface area contributed by atoms with E-state index in [2.05, 4.69) is 21.2 Å². The van der Waals surface area contributed by atoms with Crippen molar-refractivity contribution in [3.8, 4) is 0 Å². The number of hydrogen-bond donors (Lipinski definition) is 2. The molecule has 5 nitrogen and oxygen atoms in total. The van der Waals surface area contributed by atoms with E-state index in [0.29, 0.717) is 18.8 Å². The molecule has 1 aliphatic rings. The van der Waals surface area contributed by atoms with Crippen molar-refractivity contribution < 1.29 is 8.42 Å². The number of halogens is 1. The Bertz CT molecular complexity index is 554. The maximum absolute atomic E-state index is 11.4. The van der Waals surface area contributed by atoms with Gasteiger partial charge in [-0.25, -0.2) is 12.7 Å². The van der Waals surface area contributed by atoms with Crippen LogP contribution in [0.2, 0.25) is 0 Å². The quantitative estimate of drug-likeness (QED) is 0.818. The van der Waals surface area contributed by atoms with E-state index in [9.17, 15) is 8.42 Å². The minimum absolute atomic E-state index is 0.290. The molecule has 7 heteroatoms. The molecule has 3 N–H and O–H groups in total. The van der Waals surface area contributed by atoms with E-state index in [-0.39, 0.29) is 6.04 Å². The lowest BCUT2D eigenvalue weighted by atomic mass is 10.1. The van der Waals surface area contributed by atoms with Crippen molar-refractivity contribution in [2.45, 2.75) is 18.9 Å². The minimum Gasteiger partial charge on any atom is -0.399 e. The zero-order valence-electron chi connectivity index (χ0n) is 10.8. The molecule has 2 rings (SSSR count). The zero-order chi connectivity index (χ0) is 14.0. The van der Waals surface area contributed by atoms with Crippen LogP contribution in [0.3, 0.4) is 0 Å². The van der Waals surface area contributed by atoms with Crippen molar-refractivity contribution in [3.63, 3.8) is 0 Å². The highest BCUT2D eigenvalue weighted by Crippen LogP contribution is 2.27. The molecule has 0 unspecified atom stereocenters. The molecular formula is C12H18BrN3O2S. The molecule has 1 heterocycles. The average molecular weight is 348 g/mol. The lowest BCUT2D eigenvalue weighted by Crippen LogP contribution is -2.41. The van der Waals surface area contributed by atoms with Crippen LogP contribution in [0.4, 0.5) is 11.4 Å².